The van der Waals surface area contributed by atoms with Crippen LogP contribution in [0.2, 0.25) is 0 Å². The maximum absolute atomic E-state index is 12.9. The molecule has 0 saturated carbocycles. The van der Waals surface area contributed by atoms with Crippen LogP contribution in [0.25, 0.3) is 0 Å². The van der Waals surface area contributed by atoms with Crippen molar-refractivity contribution in [2.45, 2.75) is 51.7 Å². The number of aromatic nitrogens is 2. The van der Waals surface area contributed by atoms with Crippen LogP contribution in [0.1, 0.15) is 45.0 Å². The SMILES string of the molecule is CCNC(=O)CC1CCCCN1Cc1nccn1C(F)F. The lowest BCUT2D eigenvalue weighted by Crippen LogP contribution is -2.42. The van der Waals surface area contributed by atoms with Crippen LogP contribution in [0.15, 0.2) is 12.4 Å². The van der Waals surface area contributed by atoms with E-state index in [-0.39, 0.29) is 11.9 Å². The fourth-order valence-corrected chi connectivity index (χ4v) is 2.81. The third-order valence-corrected chi connectivity index (χ3v) is 3.85. The van der Waals surface area contributed by atoms with Crippen molar-refractivity contribution in [3.8, 4) is 0 Å². The van der Waals surface area contributed by atoms with Gasteiger partial charge in [-0.2, -0.15) is 8.78 Å². The molecule has 1 aliphatic rings. The molecule has 2 rings (SSSR count). The Morgan fingerprint density at radius 2 is 2.33 bits per heavy atom. The number of nitrogens with one attached hydrogen (secondary N) is 1. The zero-order valence-corrected chi connectivity index (χ0v) is 12.3. The van der Waals surface area contributed by atoms with Gasteiger partial charge in [0, 0.05) is 31.4 Å². The lowest BCUT2D eigenvalue weighted by Gasteiger charge is -2.35. The van der Waals surface area contributed by atoms with Gasteiger partial charge < -0.3 is 5.32 Å². The Morgan fingerprint density at radius 3 is 3.05 bits per heavy atom. The fraction of sp³-hybridized carbons (Fsp3) is 0.714. The Morgan fingerprint density at radius 1 is 1.52 bits per heavy atom. The number of nitrogens with zero attached hydrogens (tertiary/aromatic N) is 3. The molecule has 21 heavy (non-hydrogen) atoms. The third-order valence-electron chi connectivity index (χ3n) is 3.85. The first-order valence-corrected chi connectivity index (χ1v) is 7.42. The summed E-state index contributed by atoms with van der Waals surface area (Å²) in [4.78, 5) is 17.9. The van der Waals surface area contributed by atoms with Gasteiger partial charge >= 0.3 is 6.55 Å². The minimum atomic E-state index is -2.57. The van der Waals surface area contributed by atoms with E-state index in [0.29, 0.717) is 25.3 Å². The van der Waals surface area contributed by atoms with E-state index in [9.17, 15) is 13.6 Å². The molecule has 5 nitrogen and oxygen atoms in total. The average molecular weight is 300 g/mol. The van der Waals surface area contributed by atoms with Crippen LogP contribution in [-0.2, 0) is 11.3 Å². The van der Waals surface area contributed by atoms with Crippen LogP contribution < -0.4 is 5.32 Å². The topological polar surface area (TPSA) is 50.2 Å². The summed E-state index contributed by atoms with van der Waals surface area (Å²) in [6.45, 7) is 1.10. The van der Waals surface area contributed by atoms with Crippen molar-refractivity contribution < 1.29 is 13.6 Å². The molecule has 0 radical (unpaired) electrons. The molecule has 7 heteroatoms. The molecule has 2 heterocycles. The van der Waals surface area contributed by atoms with Crippen molar-refractivity contribution in [2.75, 3.05) is 13.1 Å². The Hall–Kier alpha value is -1.50. The Labute approximate surface area is 123 Å². The van der Waals surface area contributed by atoms with Crippen molar-refractivity contribution in [1.82, 2.24) is 19.8 Å². The maximum atomic E-state index is 12.9. The van der Waals surface area contributed by atoms with Crippen LogP contribution in [0.4, 0.5) is 8.78 Å². The standard InChI is InChI=1S/C14H22F2N4O/c1-2-17-13(21)9-11-5-3-4-7-19(11)10-12-18-6-8-20(12)14(15)16/h6,8,11,14H,2-5,7,9-10H2,1H3,(H,17,21). The van der Waals surface area contributed by atoms with Crippen LogP contribution in [0, 0.1) is 0 Å². The van der Waals surface area contributed by atoms with Gasteiger partial charge in [-0.3, -0.25) is 14.3 Å². The molecule has 0 aliphatic carbocycles. The number of alkyl halides is 2. The first-order valence-electron chi connectivity index (χ1n) is 7.42. The highest BCUT2D eigenvalue weighted by Gasteiger charge is 2.26. The Kier molecular flexibility index (Phi) is 5.67. The Balaban J connectivity index is 2.01. The van der Waals surface area contributed by atoms with Gasteiger partial charge in [0.25, 0.3) is 0 Å². The lowest BCUT2D eigenvalue weighted by molar-refractivity contribution is -0.122. The van der Waals surface area contributed by atoms with Crippen molar-refractivity contribution in [1.29, 1.82) is 0 Å². The van der Waals surface area contributed by atoms with E-state index in [4.69, 9.17) is 0 Å². The summed E-state index contributed by atoms with van der Waals surface area (Å²) in [6, 6.07) is 0.105. The van der Waals surface area contributed by atoms with Gasteiger partial charge in [0.1, 0.15) is 5.82 Å². The second kappa shape index (κ2) is 7.49. The molecule has 0 spiro atoms. The molecule has 1 fully saturated rings. The van der Waals surface area contributed by atoms with Crippen LogP contribution in [-0.4, -0.2) is 39.5 Å². The van der Waals surface area contributed by atoms with Gasteiger partial charge in [-0.25, -0.2) is 4.98 Å². The maximum Gasteiger partial charge on any atom is 0.319 e. The van der Waals surface area contributed by atoms with E-state index in [1.165, 1.54) is 12.4 Å². The molecule has 1 aromatic rings. The molecule has 0 bridgehead atoms. The van der Waals surface area contributed by atoms with Crippen molar-refractivity contribution in [3.63, 3.8) is 0 Å². The molecule has 0 aromatic carbocycles. The first-order chi connectivity index (χ1) is 10.1. The van der Waals surface area contributed by atoms with E-state index in [2.05, 4.69) is 15.2 Å². The molecule has 1 aliphatic heterocycles. The number of carbonyl (C=O) groups is 1. The minimum Gasteiger partial charge on any atom is -0.356 e. The van der Waals surface area contributed by atoms with E-state index in [1.54, 1.807) is 0 Å². The molecule has 118 valence electrons. The largest absolute Gasteiger partial charge is 0.356 e. The van der Waals surface area contributed by atoms with Crippen molar-refractivity contribution in [3.05, 3.63) is 18.2 Å². The number of piperidine rings is 1. The fourth-order valence-electron chi connectivity index (χ4n) is 2.81. The number of likely N-dealkylation sites (tertiary alicyclic amines) is 1. The molecule has 1 saturated heterocycles. The molecule has 1 aromatic heterocycles. The van der Waals surface area contributed by atoms with Crippen LogP contribution in [0.3, 0.4) is 0 Å². The lowest BCUT2D eigenvalue weighted by atomic mass is 9.99. The van der Waals surface area contributed by atoms with Gasteiger partial charge in [0.05, 0.1) is 6.54 Å². The second-order valence-corrected chi connectivity index (χ2v) is 5.31. The summed E-state index contributed by atoms with van der Waals surface area (Å²) >= 11 is 0. The quantitative estimate of drug-likeness (QED) is 0.876. The van der Waals surface area contributed by atoms with E-state index in [0.717, 1.165) is 30.4 Å². The normalized spacial score (nSPS) is 19.9. The predicted octanol–water partition coefficient (Wildman–Crippen LogP) is 2.16. The van der Waals surface area contributed by atoms with E-state index >= 15 is 0 Å². The summed E-state index contributed by atoms with van der Waals surface area (Å²) < 4.78 is 26.6. The van der Waals surface area contributed by atoms with Crippen molar-refractivity contribution >= 4 is 5.91 Å². The summed E-state index contributed by atoms with van der Waals surface area (Å²) in [7, 11) is 0. The van der Waals surface area contributed by atoms with Gasteiger partial charge in [0.15, 0.2) is 0 Å². The number of rotatable bonds is 6. The minimum absolute atomic E-state index is 0.0200. The highest BCUT2D eigenvalue weighted by atomic mass is 19.3. The third kappa shape index (κ3) is 4.23. The number of amides is 1. The molecule has 1 N–H and O–H groups in total. The van der Waals surface area contributed by atoms with Crippen LogP contribution >= 0.6 is 0 Å². The number of imidazole rings is 1. The summed E-state index contributed by atoms with van der Waals surface area (Å²) in [5, 5.41) is 2.80. The van der Waals surface area contributed by atoms with Crippen molar-refractivity contribution in [2.24, 2.45) is 0 Å². The van der Waals surface area contributed by atoms with Gasteiger partial charge in [-0.05, 0) is 26.3 Å². The molecule has 1 amide bonds. The summed E-state index contributed by atoms with van der Waals surface area (Å²) in [5.74, 6) is 0.374. The summed E-state index contributed by atoms with van der Waals surface area (Å²) in [5.41, 5.74) is 0. The molecule has 1 unspecified atom stereocenters. The highest BCUT2D eigenvalue weighted by molar-refractivity contribution is 5.76. The van der Waals surface area contributed by atoms with Gasteiger partial charge in [-0.15, -0.1) is 0 Å². The highest BCUT2D eigenvalue weighted by Crippen LogP contribution is 2.23. The molecular weight excluding hydrogens is 278 g/mol. The number of hydrogen-bond donors (Lipinski definition) is 1. The Bertz CT molecular complexity index is 464. The number of halogens is 2. The first kappa shape index (κ1) is 15.9. The number of hydrogen-bond acceptors (Lipinski definition) is 3. The summed E-state index contributed by atoms with van der Waals surface area (Å²) in [6.07, 6.45) is 6.13. The zero-order chi connectivity index (χ0) is 15.2. The van der Waals surface area contributed by atoms with E-state index in [1.807, 2.05) is 6.92 Å². The average Bonchev–Trinajstić information content (AvgIpc) is 2.89. The second-order valence-electron chi connectivity index (χ2n) is 5.31. The van der Waals surface area contributed by atoms with E-state index < -0.39 is 6.55 Å². The molecular formula is C14H22F2N4O. The smallest absolute Gasteiger partial charge is 0.319 e. The monoisotopic (exact) mass is 300 g/mol. The van der Waals surface area contributed by atoms with Crippen LogP contribution in [0.5, 0.6) is 0 Å². The van der Waals surface area contributed by atoms with Gasteiger partial charge in [-0.1, -0.05) is 6.42 Å². The predicted molar refractivity (Wildman–Crippen MR) is 74.8 cm³/mol. The van der Waals surface area contributed by atoms with Gasteiger partial charge in [0.2, 0.25) is 5.91 Å². The zero-order valence-electron chi connectivity index (χ0n) is 12.3. The molecule has 1 atom stereocenters. The number of carbonyl (C=O) groups excluding carboxylic acids is 1.